The molecule has 0 saturated carbocycles. The van der Waals surface area contributed by atoms with E-state index in [0.29, 0.717) is 23.8 Å². The monoisotopic (exact) mass is 338 g/mol. The fraction of sp³-hybridized carbons (Fsp3) is 0.706. The second kappa shape index (κ2) is 7.28. The maximum Gasteiger partial charge on any atom is 0.287 e. The summed E-state index contributed by atoms with van der Waals surface area (Å²) in [6.45, 7) is 7.04. The van der Waals surface area contributed by atoms with Crippen LogP contribution in [0, 0.1) is 5.92 Å². The lowest BCUT2D eigenvalue weighted by Gasteiger charge is -2.36. The average molecular weight is 338 g/mol. The van der Waals surface area contributed by atoms with Crippen molar-refractivity contribution in [3.05, 3.63) is 23.7 Å². The van der Waals surface area contributed by atoms with E-state index >= 15 is 0 Å². The summed E-state index contributed by atoms with van der Waals surface area (Å²) in [6.07, 6.45) is 3.28. The minimum atomic E-state index is -0.108. The Morgan fingerprint density at radius 2 is 2.26 bits per heavy atom. The first-order valence-corrected chi connectivity index (χ1v) is 9.70. The number of carbonyl (C=O) groups excluding carboxylic acids is 1. The van der Waals surface area contributed by atoms with Crippen LogP contribution in [0.3, 0.4) is 0 Å². The minimum Gasteiger partial charge on any atom is -0.455 e. The first-order valence-electron chi connectivity index (χ1n) is 8.31. The van der Waals surface area contributed by atoms with Gasteiger partial charge in [-0.1, -0.05) is 13.8 Å². The van der Waals surface area contributed by atoms with Crippen LogP contribution in [0.1, 0.15) is 36.6 Å². The lowest BCUT2D eigenvalue weighted by Crippen LogP contribution is -2.48. The van der Waals surface area contributed by atoms with Gasteiger partial charge in [0.15, 0.2) is 5.76 Å². The van der Waals surface area contributed by atoms with Gasteiger partial charge in [0.25, 0.3) is 5.91 Å². The van der Waals surface area contributed by atoms with Gasteiger partial charge in [-0.15, -0.1) is 0 Å². The molecule has 0 spiro atoms. The van der Waals surface area contributed by atoms with Crippen LogP contribution in [0.2, 0.25) is 0 Å². The van der Waals surface area contributed by atoms with E-state index in [2.05, 4.69) is 24.1 Å². The molecule has 3 heterocycles. The predicted molar refractivity (Wildman–Crippen MR) is 91.7 cm³/mol. The maximum absolute atomic E-state index is 12.3. The van der Waals surface area contributed by atoms with Crippen LogP contribution in [0.4, 0.5) is 0 Å². The van der Waals surface area contributed by atoms with Crippen molar-refractivity contribution < 1.29 is 13.9 Å². The van der Waals surface area contributed by atoms with Crippen LogP contribution in [-0.2, 0) is 10.5 Å². The molecule has 128 valence electrons. The number of carbonyl (C=O) groups is 1. The highest BCUT2D eigenvalue weighted by Crippen LogP contribution is 2.26. The number of hydrogen-bond acceptors (Lipinski definition) is 5. The molecule has 1 amide bonds. The maximum atomic E-state index is 12.3. The number of amides is 1. The van der Waals surface area contributed by atoms with Gasteiger partial charge in [-0.25, -0.2) is 0 Å². The molecule has 3 atom stereocenters. The third kappa shape index (κ3) is 3.92. The smallest absolute Gasteiger partial charge is 0.287 e. The molecule has 1 aromatic rings. The van der Waals surface area contributed by atoms with E-state index in [1.165, 1.54) is 0 Å². The normalized spacial score (nSPS) is 28.1. The SMILES string of the molecule is CSCc1ccc(C(=O)N[C@@H]2C[C@H]3CO[C@@H](C(C)C)CN3C2)o1. The zero-order chi connectivity index (χ0) is 16.4. The summed E-state index contributed by atoms with van der Waals surface area (Å²) in [4.78, 5) is 14.8. The number of fused-ring (bicyclic) bond motifs is 1. The van der Waals surface area contributed by atoms with Gasteiger partial charge in [-0.2, -0.15) is 11.8 Å². The van der Waals surface area contributed by atoms with Gasteiger partial charge in [0.2, 0.25) is 0 Å². The average Bonchev–Trinajstić information content (AvgIpc) is 3.12. The van der Waals surface area contributed by atoms with E-state index < -0.39 is 0 Å². The van der Waals surface area contributed by atoms with Crippen LogP contribution < -0.4 is 5.32 Å². The first kappa shape index (κ1) is 16.9. The highest BCUT2D eigenvalue weighted by Gasteiger charge is 2.38. The third-order valence-electron chi connectivity index (χ3n) is 4.70. The summed E-state index contributed by atoms with van der Waals surface area (Å²) in [7, 11) is 0. The number of hydrogen-bond donors (Lipinski definition) is 1. The zero-order valence-electron chi connectivity index (χ0n) is 14.1. The second-order valence-electron chi connectivity index (χ2n) is 6.83. The van der Waals surface area contributed by atoms with Crippen LogP contribution in [0.5, 0.6) is 0 Å². The van der Waals surface area contributed by atoms with Crippen molar-refractivity contribution in [2.24, 2.45) is 5.92 Å². The lowest BCUT2D eigenvalue weighted by atomic mass is 10.0. The standard InChI is InChI=1S/C17H26N2O3S/c1-11(2)16-8-19-7-12(6-13(19)9-21-16)18-17(20)15-5-4-14(22-15)10-23-3/h4-5,11-13,16H,6-10H2,1-3H3,(H,18,20)/t12-,13+,16-/m1/s1. The summed E-state index contributed by atoms with van der Waals surface area (Å²) in [5.41, 5.74) is 0. The van der Waals surface area contributed by atoms with Crippen LogP contribution in [-0.4, -0.2) is 54.9 Å². The quantitative estimate of drug-likeness (QED) is 0.893. The topological polar surface area (TPSA) is 54.7 Å². The van der Waals surface area contributed by atoms with Gasteiger partial charge < -0.3 is 14.5 Å². The number of furan rings is 1. The molecule has 3 rings (SSSR count). The number of nitrogens with one attached hydrogen (secondary N) is 1. The van der Waals surface area contributed by atoms with E-state index in [1.807, 2.05) is 12.3 Å². The summed E-state index contributed by atoms with van der Waals surface area (Å²) >= 11 is 1.68. The molecular weight excluding hydrogens is 312 g/mol. The molecule has 1 aromatic heterocycles. The number of rotatable bonds is 5. The number of morpholine rings is 1. The Balaban J connectivity index is 1.54. The Morgan fingerprint density at radius 1 is 1.43 bits per heavy atom. The van der Waals surface area contributed by atoms with Gasteiger partial charge in [-0.05, 0) is 30.7 Å². The van der Waals surface area contributed by atoms with Crippen molar-refractivity contribution >= 4 is 17.7 Å². The molecule has 0 unspecified atom stereocenters. The number of nitrogens with zero attached hydrogens (tertiary/aromatic N) is 1. The van der Waals surface area contributed by atoms with Crippen molar-refractivity contribution in [2.75, 3.05) is 26.0 Å². The number of thioether (sulfide) groups is 1. The molecule has 0 aliphatic carbocycles. The molecule has 2 saturated heterocycles. The minimum absolute atomic E-state index is 0.108. The Bertz CT molecular complexity index is 546. The molecule has 2 aliphatic heterocycles. The Morgan fingerprint density at radius 3 is 3.00 bits per heavy atom. The molecule has 0 radical (unpaired) electrons. The van der Waals surface area contributed by atoms with Gasteiger partial charge >= 0.3 is 0 Å². The number of ether oxygens (including phenoxy) is 1. The molecule has 0 bridgehead atoms. The molecule has 1 N–H and O–H groups in total. The Hall–Kier alpha value is -0.980. The Labute approximate surface area is 142 Å². The molecular formula is C17H26N2O3S. The molecule has 2 fully saturated rings. The molecule has 6 heteroatoms. The second-order valence-corrected chi connectivity index (χ2v) is 7.69. The van der Waals surface area contributed by atoms with Gasteiger partial charge in [0.05, 0.1) is 18.5 Å². The van der Waals surface area contributed by atoms with E-state index in [-0.39, 0.29) is 11.9 Å². The van der Waals surface area contributed by atoms with E-state index in [4.69, 9.17) is 9.15 Å². The summed E-state index contributed by atoms with van der Waals surface area (Å²) in [5, 5.41) is 3.11. The summed E-state index contributed by atoms with van der Waals surface area (Å²) in [5.74, 6) is 2.47. The van der Waals surface area contributed by atoms with E-state index in [9.17, 15) is 4.79 Å². The van der Waals surface area contributed by atoms with E-state index in [1.54, 1.807) is 17.8 Å². The van der Waals surface area contributed by atoms with Gasteiger partial charge in [0, 0.05) is 25.2 Å². The van der Waals surface area contributed by atoms with Gasteiger partial charge in [-0.3, -0.25) is 9.69 Å². The lowest BCUT2D eigenvalue weighted by molar-refractivity contribution is -0.0683. The van der Waals surface area contributed by atoms with Crippen LogP contribution >= 0.6 is 11.8 Å². The summed E-state index contributed by atoms with van der Waals surface area (Å²) < 4.78 is 11.5. The fourth-order valence-electron chi connectivity index (χ4n) is 3.38. The molecule has 23 heavy (non-hydrogen) atoms. The molecule has 0 aromatic carbocycles. The van der Waals surface area contributed by atoms with E-state index in [0.717, 1.165) is 37.6 Å². The van der Waals surface area contributed by atoms with Crippen molar-refractivity contribution in [2.45, 2.75) is 44.2 Å². The highest BCUT2D eigenvalue weighted by atomic mass is 32.2. The first-order chi connectivity index (χ1) is 11.1. The predicted octanol–water partition coefficient (Wildman–Crippen LogP) is 2.37. The largest absolute Gasteiger partial charge is 0.455 e. The molecule has 2 aliphatic rings. The fourth-order valence-corrected chi connectivity index (χ4v) is 3.82. The van der Waals surface area contributed by atoms with Crippen LogP contribution in [0.15, 0.2) is 16.5 Å². The third-order valence-corrected chi connectivity index (χ3v) is 5.27. The zero-order valence-corrected chi connectivity index (χ0v) is 14.9. The van der Waals surface area contributed by atoms with Crippen LogP contribution in [0.25, 0.3) is 0 Å². The highest BCUT2D eigenvalue weighted by molar-refractivity contribution is 7.97. The van der Waals surface area contributed by atoms with Gasteiger partial charge in [0.1, 0.15) is 5.76 Å². The summed E-state index contributed by atoms with van der Waals surface area (Å²) in [6, 6.07) is 4.25. The van der Waals surface area contributed by atoms with Crippen molar-refractivity contribution in [3.8, 4) is 0 Å². The van der Waals surface area contributed by atoms with Crippen molar-refractivity contribution in [3.63, 3.8) is 0 Å². The van der Waals surface area contributed by atoms with Crippen molar-refractivity contribution in [1.29, 1.82) is 0 Å². The van der Waals surface area contributed by atoms with Crippen molar-refractivity contribution in [1.82, 2.24) is 10.2 Å². The Kier molecular flexibility index (Phi) is 5.34. The molecule has 5 nitrogen and oxygen atoms in total.